The van der Waals surface area contributed by atoms with Crippen LogP contribution in [0, 0.1) is 13.8 Å². The first-order valence-electron chi connectivity index (χ1n) is 7.24. The lowest BCUT2D eigenvalue weighted by molar-refractivity contribution is -0.180. The normalized spacial score (nSPS) is 17.7. The van der Waals surface area contributed by atoms with E-state index in [0.717, 1.165) is 0 Å². The maximum Gasteiger partial charge on any atom is 0.404 e. The molecule has 2 rings (SSSR count). The lowest BCUT2D eigenvalue weighted by Gasteiger charge is -2.29. The molecule has 0 bridgehead atoms. The minimum Gasteiger partial charge on any atom is -0.326 e. The van der Waals surface area contributed by atoms with E-state index in [9.17, 15) is 22.8 Å². The van der Waals surface area contributed by atoms with Crippen LogP contribution in [-0.2, 0) is 0 Å². The van der Waals surface area contributed by atoms with Crippen LogP contribution in [-0.4, -0.2) is 41.0 Å². The van der Waals surface area contributed by atoms with Crippen molar-refractivity contribution in [2.75, 3.05) is 13.1 Å². The van der Waals surface area contributed by atoms with Crippen molar-refractivity contribution < 1.29 is 18.0 Å². The summed E-state index contributed by atoms with van der Waals surface area (Å²) in [6, 6.07) is -0.227. The molecule has 0 amide bonds. The lowest BCUT2D eigenvalue weighted by Crippen LogP contribution is -2.46. The van der Waals surface area contributed by atoms with E-state index < -0.39 is 30.0 Å². The summed E-state index contributed by atoms with van der Waals surface area (Å²) in [5.74, 6) is -0.757. The van der Waals surface area contributed by atoms with E-state index in [2.05, 4.69) is 4.98 Å². The van der Waals surface area contributed by atoms with Crippen molar-refractivity contribution in [3.05, 3.63) is 33.2 Å². The Kier molecular flexibility index (Phi) is 4.75. The number of carbonyl (C=O) groups is 1. The van der Waals surface area contributed by atoms with Crippen molar-refractivity contribution in [2.24, 2.45) is 0 Å². The Bertz CT molecular complexity index is 616. The highest BCUT2D eigenvalue weighted by Gasteiger charge is 2.45. The third-order valence-corrected chi connectivity index (χ3v) is 3.98. The summed E-state index contributed by atoms with van der Waals surface area (Å²) >= 11 is 0. The van der Waals surface area contributed by atoms with Gasteiger partial charge in [-0.3, -0.25) is 14.5 Å². The van der Waals surface area contributed by atoms with Crippen LogP contribution < -0.4 is 5.56 Å². The van der Waals surface area contributed by atoms with Gasteiger partial charge in [0.2, 0.25) is 0 Å². The molecule has 0 spiro atoms. The average Bonchev–Trinajstić information content (AvgIpc) is 2.86. The Morgan fingerprint density at radius 1 is 1.32 bits per heavy atom. The summed E-state index contributed by atoms with van der Waals surface area (Å²) in [7, 11) is 0. The minimum atomic E-state index is -4.48. The molecule has 1 saturated heterocycles. The summed E-state index contributed by atoms with van der Waals surface area (Å²) in [6.45, 7) is 3.89. The van der Waals surface area contributed by atoms with Crippen LogP contribution in [0.1, 0.15) is 40.9 Å². The Balaban J connectivity index is 2.27. The summed E-state index contributed by atoms with van der Waals surface area (Å²) in [5, 5.41) is 0. The van der Waals surface area contributed by atoms with Gasteiger partial charge in [-0.25, -0.2) is 0 Å². The maximum absolute atomic E-state index is 13.2. The summed E-state index contributed by atoms with van der Waals surface area (Å²) < 4.78 is 39.7. The molecule has 7 heteroatoms. The maximum atomic E-state index is 13.2. The van der Waals surface area contributed by atoms with Crippen molar-refractivity contribution >= 4 is 5.78 Å². The van der Waals surface area contributed by atoms with Crippen LogP contribution in [0.25, 0.3) is 0 Å². The number of ketones is 1. The first kappa shape index (κ1) is 16.7. The number of H-pyrrole nitrogens is 1. The predicted molar refractivity (Wildman–Crippen MR) is 76.1 cm³/mol. The minimum absolute atomic E-state index is 0.168. The van der Waals surface area contributed by atoms with E-state index in [-0.39, 0.29) is 5.56 Å². The van der Waals surface area contributed by atoms with E-state index in [4.69, 9.17) is 0 Å². The molecule has 22 heavy (non-hydrogen) atoms. The van der Waals surface area contributed by atoms with E-state index in [1.807, 2.05) is 0 Å². The van der Waals surface area contributed by atoms with Crippen molar-refractivity contribution in [1.82, 2.24) is 9.88 Å². The molecule has 122 valence electrons. The number of hydrogen-bond donors (Lipinski definition) is 1. The second kappa shape index (κ2) is 6.24. The molecule has 1 fully saturated rings. The first-order chi connectivity index (χ1) is 10.2. The number of aryl methyl sites for hydroxylation is 2. The standard InChI is InChI=1S/C15H19F3N2O2/c1-9-7-10(2)19-14(22)13(9)11(21)8-12(15(16,17)18)20-5-3-4-6-20/h7,12H,3-6,8H2,1-2H3,(H,19,22). The number of halogens is 3. The predicted octanol–water partition coefficient (Wildman–Crippen LogP) is 2.59. The molecule has 4 nitrogen and oxygen atoms in total. The topological polar surface area (TPSA) is 53.2 Å². The molecule has 1 aromatic rings. The van der Waals surface area contributed by atoms with Gasteiger partial charge in [0, 0.05) is 12.1 Å². The number of carbonyl (C=O) groups excluding carboxylic acids is 1. The molecule has 1 atom stereocenters. The number of hydrogen-bond acceptors (Lipinski definition) is 3. The summed E-state index contributed by atoms with van der Waals surface area (Å²) in [6.07, 6.45) is -3.79. The fourth-order valence-corrected chi connectivity index (χ4v) is 2.98. The molecular weight excluding hydrogens is 297 g/mol. The highest BCUT2D eigenvalue weighted by molar-refractivity contribution is 5.97. The molecule has 1 aliphatic rings. The SMILES string of the molecule is Cc1cc(C)c(C(=O)CC(N2CCCC2)C(F)(F)F)c(=O)[nH]1. The first-order valence-corrected chi connectivity index (χ1v) is 7.24. The van der Waals surface area contributed by atoms with Crippen molar-refractivity contribution in [3.63, 3.8) is 0 Å². The third kappa shape index (κ3) is 3.58. The number of rotatable bonds is 4. The van der Waals surface area contributed by atoms with Gasteiger partial charge in [-0.15, -0.1) is 0 Å². The zero-order valence-corrected chi connectivity index (χ0v) is 12.6. The Labute approximate surface area is 126 Å². The van der Waals surface area contributed by atoms with Crippen molar-refractivity contribution in [2.45, 2.75) is 45.3 Å². The molecule has 0 aromatic carbocycles. The highest BCUT2D eigenvalue weighted by atomic mass is 19.4. The molecule has 2 heterocycles. The average molecular weight is 316 g/mol. The molecule has 1 aliphatic heterocycles. The number of aromatic nitrogens is 1. The van der Waals surface area contributed by atoms with Crippen molar-refractivity contribution in [1.29, 1.82) is 0 Å². The molecule has 0 aliphatic carbocycles. The molecule has 0 saturated carbocycles. The Morgan fingerprint density at radius 3 is 2.41 bits per heavy atom. The Morgan fingerprint density at radius 2 is 1.91 bits per heavy atom. The number of pyridine rings is 1. The zero-order valence-electron chi connectivity index (χ0n) is 12.6. The largest absolute Gasteiger partial charge is 0.404 e. The van der Waals surface area contributed by atoms with Gasteiger partial charge in [0.1, 0.15) is 6.04 Å². The van der Waals surface area contributed by atoms with E-state index in [1.165, 1.54) is 4.90 Å². The second-order valence-electron chi connectivity index (χ2n) is 5.77. The lowest BCUT2D eigenvalue weighted by atomic mass is 9.99. The number of nitrogens with zero attached hydrogens (tertiary/aromatic N) is 1. The monoisotopic (exact) mass is 316 g/mol. The molecule has 1 aromatic heterocycles. The molecule has 0 radical (unpaired) electrons. The molecular formula is C15H19F3N2O2. The van der Waals surface area contributed by atoms with Crippen LogP contribution in [0.5, 0.6) is 0 Å². The van der Waals surface area contributed by atoms with Crippen LogP contribution in [0.4, 0.5) is 13.2 Å². The van der Waals surface area contributed by atoms with E-state index >= 15 is 0 Å². The van der Waals surface area contributed by atoms with Gasteiger partial charge in [-0.2, -0.15) is 13.2 Å². The molecule has 1 N–H and O–H groups in total. The quantitative estimate of drug-likeness (QED) is 0.869. The van der Waals surface area contributed by atoms with Gasteiger partial charge < -0.3 is 4.98 Å². The van der Waals surface area contributed by atoms with Crippen LogP contribution in [0.3, 0.4) is 0 Å². The van der Waals surface area contributed by atoms with Gasteiger partial charge in [0.25, 0.3) is 5.56 Å². The number of aromatic amines is 1. The van der Waals surface area contributed by atoms with Crippen LogP contribution in [0.2, 0.25) is 0 Å². The smallest absolute Gasteiger partial charge is 0.326 e. The number of alkyl halides is 3. The van der Waals surface area contributed by atoms with Crippen molar-refractivity contribution in [3.8, 4) is 0 Å². The third-order valence-electron chi connectivity index (χ3n) is 3.98. The van der Waals surface area contributed by atoms with E-state index in [1.54, 1.807) is 19.9 Å². The summed E-state index contributed by atoms with van der Waals surface area (Å²) in [5.41, 5.74) is 0.198. The fourth-order valence-electron chi connectivity index (χ4n) is 2.98. The summed E-state index contributed by atoms with van der Waals surface area (Å²) in [4.78, 5) is 27.9. The van der Waals surface area contributed by atoms with Gasteiger partial charge in [0.05, 0.1) is 5.56 Å². The number of nitrogens with one attached hydrogen (secondary N) is 1. The number of likely N-dealkylation sites (tertiary alicyclic amines) is 1. The van der Waals surface area contributed by atoms with Crippen LogP contribution in [0.15, 0.2) is 10.9 Å². The molecule has 1 unspecified atom stereocenters. The van der Waals surface area contributed by atoms with Gasteiger partial charge in [-0.05, 0) is 51.4 Å². The zero-order chi connectivity index (χ0) is 16.5. The fraction of sp³-hybridized carbons (Fsp3) is 0.600. The Hall–Kier alpha value is -1.63. The van der Waals surface area contributed by atoms with E-state index in [0.29, 0.717) is 37.2 Å². The number of Topliss-reactive ketones (excluding diaryl/α,β-unsaturated/α-hetero) is 1. The van der Waals surface area contributed by atoms with Gasteiger partial charge >= 0.3 is 6.18 Å². The highest BCUT2D eigenvalue weighted by Crippen LogP contribution is 2.30. The second-order valence-corrected chi connectivity index (χ2v) is 5.77. The van der Waals surface area contributed by atoms with Crippen LogP contribution >= 0.6 is 0 Å². The van der Waals surface area contributed by atoms with Gasteiger partial charge in [-0.1, -0.05) is 0 Å². The van der Waals surface area contributed by atoms with Gasteiger partial charge in [0.15, 0.2) is 5.78 Å².